The van der Waals surface area contributed by atoms with Crippen molar-refractivity contribution >= 4 is 39.3 Å². The number of aliphatic hydroxyl groups is 1. The van der Waals surface area contributed by atoms with Crippen LogP contribution in [0.3, 0.4) is 0 Å². The molecule has 1 fully saturated rings. The summed E-state index contributed by atoms with van der Waals surface area (Å²) in [6.45, 7) is 4.49. The molecule has 4 rings (SSSR count). The first kappa shape index (κ1) is 26.3. The quantitative estimate of drug-likeness (QED) is 0.277. The van der Waals surface area contributed by atoms with Gasteiger partial charge in [-0.05, 0) is 72.6 Å². The van der Waals surface area contributed by atoms with E-state index >= 15 is 0 Å². The predicted octanol–water partition coefficient (Wildman–Crippen LogP) is 6.27. The number of esters is 1. The topological polar surface area (TPSA) is 96.3 Å². The third-order valence-electron chi connectivity index (χ3n) is 6.91. The van der Waals surface area contributed by atoms with Crippen molar-refractivity contribution in [1.82, 2.24) is 0 Å². The van der Waals surface area contributed by atoms with E-state index in [0.29, 0.717) is 10.7 Å². The minimum absolute atomic E-state index is 0.264. The van der Waals surface area contributed by atoms with E-state index in [1.54, 1.807) is 12.1 Å². The highest BCUT2D eigenvalue weighted by Gasteiger charge is 2.37. The van der Waals surface area contributed by atoms with Gasteiger partial charge in [0.1, 0.15) is 10.8 Å². The zero-order chi connectivity index (χ0) is 26.1. The summed E-state index contributed by atoms with van der Waals surface area (Å²) in [7, 11) is 2.72. The average molecular weight is 530 g/mol. The van der Waals surface area contributed by atoms with E-state index in [2.05, 4.69) is 13.8 Å². The highest BCUT2D eigenvalue weighted by molar-refractivity contribution is 7.81. The molecule has 0 amide bonds. The number of nitrogens with zero attached hydrogens (tertiary/aromatic N) is 1. The van der Waals surface area contributed by atoms with E-state index in [-0.39, 0.29) is 16.7 Å². The van der Waals surface area contributed by atoms with Crippen molar-refractivity contribution in [1.29, 1.82) is 0 Å². The van der Waals surface area contributed by atoms with Gasteiger partial charge in [0.2, 0.25) is 0 Å². The van der Waals surface area contributed by atoms with Gasteiger partial charge < -0.3 is 14.6 Å². The molecule has 0 saturated heterocycles. The van der Waals surface area contributed by atoms with Crippen LogP contribution in [0, 0.1) is 5.41 Å². The summed E-state index contributed by atoms with van der Waals surface area (Å²) >= 11 is -1.03. The summed E-state index contributed by atoms with van der Waals surface area (Å²) in [6.07, 6.45) is 3.46. The van der Waals surface area contributed by atoms with Crippen molar-refractivity contribution in [3.63, 3.8) is 0 Å². The lowest BCUT2D eigenvalue weighted by Gasteiger charge is -2.40. The van der Waals surface area contributed by atoms with Gasteiger partial charge in [0.15, 0.2) is 0 Å². The number of anilines is 2. The Labute approximate surface area is 218 Å². The monoisotopic (exact) mass is 529 g/mol. The van der Waals surface area contributed by atoms with Gasteiger partial charge in [0, 0.05) is 4.88 Å². The van der Waals surface area contributed by atoms with Gasteiger partial charge in [0.25, 0.3) is 11.3 Å². The molecule has 192 valence electrons. The molecule has 3 aromatic rings. The summed E-state index contributed by atoms with van der Waals surface area (Å²) < 4.78 is 33.9. The van der Waals surface area contributed by atoms with Gasteiger partial charge in [-0.2, -0.15) is 0 Å². The number of hydrogen-bond donors (Lipinski definition) is 2. The molecule has 1 unspecified atom stereocenters. The molecule has 9 heteroatoms. The molecule has 2 N–H and O–H groups in total. The number of carbonyl (C=O) groups excluding carboxylic acids is 1. The second-order valence-electron chi connectivity index (χ2n) is 9.81. The average Bonchev–Trinajstić information content (AvgIpc) is 3.35. The van der Waals surface area contributed by atoms with Crippen molar-refractivity contribution in [2.24, 2.45) is 5.41 Å². The highest BCUT2D eigenvalue weighted by atomic mass is 32.2. The lowest BCUT2D eigenvalue weighted by molar-refractivity contribution is -0.0305. The number of thiophene rings is 1. The number of methoxy groups -OCH3 is 2. The Morgan fingerprint density at radius 3 is 2.25 bits per heavy atom. The van der Waals surface area contributed by atoms with Crippen LogP contribution in [0.1, 0.15) is 55.5 Å². The first-order chi connectivity index (χ1) is 17.1. The van der Waals surface area contributed by atoms with E-state index in [1.165, 1.54) is 42.0 Å². The minimum Gasteiger partial charge on any atom is -0.495 e. The number of ether oxygens (including phenoxy) is 2. The Morgan fingerprint density at radius 1 is 1.00 bits per heavy atom. The maximum absolute atomic E-state index is 12.4. The van der Waals surface area contributed by atoms with Crippen molar-refractivity contribution in [3.05, 3.63) is 65.7 Å². The second-order valence-corrected chi connectivity index (χ2v) is 11.7. The lowest BCUT2D eigenvalue weighted by atomic mass is 9.69. The maximum Gasteiger partial charge on any atom is 0.337 e. The summed E-state index contributed by atoms with van der Waals surface area (Å²) in [5.41, 5.74) is 1.96. The number of carbonyl (C=O) groups is 1. The Bertz CT molecular complexity index is 1260. The summed E-state index contributed by atoms with van der Waals surface area (Å²) in [4.78, 5) is 12.8. The van der Waals surface area contributed by atoms with Crippen molar-refractivity contribution in [2.45, 2.75) is 45.1 Å². The molecular weight excluding hydrogens is 498 g/mol. The molecule has 0 radical (unpaired) electrons. The van der Waals surface area contributed by atoms with Crippen molar-refractivity contribution in [3.8, 4) is 16.2 Å². The molecular formula is C27H31NO6S2. The molecule has 7 nitrogen and oxygen atoms in total. The molecule has 1 atom stereocenters. The van der Waals surface area contributed by atoms with Gasteiger partial charge in [0.05, 0.1) is 31.1 Å². The summed E-state index contributed by atoms with van der Waals surface area (Å²) in [5.74, 6) is -0.261. The fraction of sp³-hybridized carbons (Fsp3) is 0.370. The van der Waals surface area contributed by atoms with Crippen LogP contribution >= 0.6 is 11.3 Å². The zero-order valence-corrected chi connectivity index (χ0v) is 22.4. The van der Waals surface area contributed by atoms with E-state index < -0.39 is 22.8 Å². The van der Waals surface area contributed by atoms with Crippen LogP contribution in [0.5, 0.6) is 5.75 Å². The Morgan fingerprint density at radius 2 is 1.67 bits per heavy atom. The van der Waals surface area contributed by atoms with Gasteiger partial charge in [-0.1, -0.05) is 38.1 Å². The van der Waals surface area contributed by atoms with Crippen LogP contribution in [0.15, 0.2) is 54.6 Å². The van der Waals surface area contributed by atoms with Gasteiger partial charge in [-0.25, -0.2) is 13.3 Å². The molecule has 36 heavy (non-hydrogen) atoms. The number of rotatable bonds is 7. The summed E-state index contributed by atoms with van der Waals surface area (Å²) in [5, 5.41) is 11.7. The van der Waals surface area contributed by atoms with E-state index in [0.717, 1.165) is 41.7 Å². The minimum atomic E-state index is -2.38. The van der Waals surface area contributed by atoms with E-state index in [1.807, 2.05) is 30.3 Å². The third-order valence-corrected chi connectivity index (χ3v) is 8.85. The molecule has 1 heterocycles. The molecule has 1 aliphatic carbocycles. The van der Waals surface area contributed by atoms with Crippen LogP contribution in [0.4, 0.5) is 10.7 Å². The third kappa shape index (κ3) is 5.34. The van der Waals surface area contributed by atoms with Crippen molar-refractivity contribution in [2.75, 3.05) is 18.5 Å². The lowest BCUT2D eigenvalue weighted by Crippen LogP contribution is -2.34. The largest absolute Gasteiger partial charge is 0.495 e. The smallest absolute Gasteiger partial charge is 0.337 e. The molecule has 0 spiro atoms. The van der Waals surface area contributed by atoms with E-state index in [4.69, 9.17) is 9.47 Å². The zero-order valence-electron chi connectivity index (χ0n) is 20.8. The van der Waals surface area contributed by atoms with Crippen LogP contribution in [0.2, 0.25) is 0 Å². The van der Waals surface area contributed by atoms with Crippen LogP contribution in [-0.2, 0) is 21.6 Å². The van der Waals surface area contributed by atoms with Crippen molar-refractivity contribution < 1.29 is 28.1 Å². The predicted molar refractivity (Wildman–Crippen MR) is 143 cm³/mol. The molecule has 2 aromatic carbocycles. The Balaban J connectivity index is 1.60. The Hall–Kier alpha value is -2.72. The number of hydrogen-bond acceptors (Lipinski definition) is 6. The highest BCUT2D eigenvalue weighted by Crippen LogP contribution is 2.46. The summed E-state index contributed by atoms with van der Waals surface area (Å²) in [6, 6.07) is 16.1. The van der Waals surface area contributed by atoms with Gasteiger partial charge in [-0.3, -0.25) is 4.55 Å². The fourth-order valence-corrected chi connectivity index (χ4v) is 6.31. The SMILES string of the molecule is COC(=O)c1ccc(N(c2ccc(-c3ccc(C4(O)CCC(C)(C)CC4)cc3)s2)S(=O)O)c(OC)c1. The standard InChI is InChI=1S/C27H31NO6S2/c1-26(2)13-15-27(30,16-14-26)20-8-5-18(6-9-20)23-11-12-24(35-23)28(36(31)32)21-10-7-19(25(29)34-4)17-22(21)33-3/h5-12,17,30H,13-16H2,1-4H3,(H,31,32). The van der Waals surface area contributed by atoms with Gasteiger partial charge in [-0.15, -0.1) is 11.3 Å². The van der Waals surface area contributed by atoms with Crippen LogP contribution < -0.4 is 9.04 Å². The van der Waals surface area contributed by atoms with Crippen LogP contribution in [0.25, 0.3) is 10.4 Å². The second kappa shape index (κ2) is 10.3. The molecule has 1 aliphatic rings. The maximum atomic E-state index is 12.4. The number of benzene rings is 2. The molecule has 0 bridgehead atoms. The molecule has 1 saturated carbocycles. The van der Waals surface area contributed by atoms with Gasteiger partial charge >= 0.3 is 5.97 Å². The van der Waals surface area contributed by atoms with E-state index in [9.17, 15) is 18.7 Å². The first-order valence-electron chi connectivity index (χ1n) is 11.7. The normalized spacial score (nSPS) is 17.3. The first-order valence-corrected chi connectivity index (χ1v) is 13.6. The Kier molecular flexibility index (Phi) is 7.56. The molecule has 0 aliphatic heterocycles. The van der Waals surface area contributed by atoms with Crippen LogP contribution in [-0.4, -0.2) is 34.1 Å². The molecule has 1 aromatic heterocycles. The fourth-order valence-electron chi connectivity index (χ4n) is 4.54.